The molecule has 2 fully saturated rings. The smallest absolute Gasteiger partial charge is 0.209 e. The van der Waals surface area contributed by atoms with Crippen LogP contribution in [0.25, 0.3) is 0 Å². The normalized spacial score (nSPS) is 38.9. The van der Waals surface area contributed by atoms with Crippen LogP contribution in [0.4, 0.5) is 0 Å². The van der Waals surface area contributed by atoms with Crippen LogP contribution < -0.4 is 0 Å². The van der Waals surface area contributed by atoms with Crippen LogP contribution in [-0.2, 0) is 19.1 Å². The Morgan fingerprint density at radius 1 is 1.05 bits per heavy atom. The van der Waals surface area contributed by atoms with Gasteiger partial charge in [-0.2, -0.15) is 0 Å². The van der Waals surface area contributed by atoms with Gasteiger partial charge in [0, 0.05) is 23.5 Å². The number of aliphatic hydroxyl groups is 6. The van der Waals surface area contributed by atoms with Crippen LogP contribution in [0.5, 0.6) is 0 Å². The first-order chi connectivity index (χ1) is 17.7. The molecule has 3 aliphatic rings. The molecule has 3 rings (SSSR count). The zero-order valence-electron chi connectivity index (χ0n) is 22.0. The van der Waals surface area contributed by atoms with Crippen molar-refractivity contribution in [3.63, 3.8) is 0 Å². The largest absolute Gasteiger partial charge is 0.508 e. The van der Waals surface area contributed by atoms with Gasteiger partial charge >= 0.3 is 0 Å². The number of ether oxygens (including phenoxy) is 1. The summed E-state index contributed by atoms with van der Waals surface area (Å²) in [5.41, 5.74) is -6.74. The highest BCUT2D eigenvalue weighted by Crippen LogP contribution is 2.67. The first kappa shape index (κ1) is 29.7. The van der Waals surface area contributed by atoms with Crippen LogP contribution in [-0.4, -0.2) is 78.2 Å². The summed E-state index contributed by atoms with van der Waals surface area (Å²) in [5.74, 6) is -8.66. The standard InChI is InChI=1S/C28H36O10/c1-16-21(33)20(19(32)12-8-6-10-14-30)22-26(3)24(35)17(18(31)11-7-5-9-13-29)15-25(2,36)28(26,37)38-27(22,4)23(16)34/h5-6,8-10,12,17,22,29-30,32-33,36-37H,7,11,13-15H2,1-4H3. The minimum Gasteiger partial charge on any atom is -0.508 e. The molecule has 1 aliphatic heterocycles. The van der Waals surface area contributed by atoms with Crippen molar-refractivity contribution in [3.8, 4) is 0 Å². The molecule has 1 saturated heterocycles. The maximum absolute atomic E-state index is 14.1. The van der Waals surface area contributed by atoms with Crippen molar-refractivity contribution >= 4 is 17.3 Å². The number of carbonyl (C=O) groups excluding carboxylic acids is 3. The monoisotopic (exact) mass is 532 g/mol. The van der Waals surface area contributed by atoms with Gasteiger partial charge in [0.25, 0.3) is 0 Å². The van der Waals surface area contributed by atoms with Crippen molar-refractivity contribution in [1.29, 1.82) is 0 Å². The van der Waals surface area contributed by atoms with Gasteiger partial charge in [0.05, 0.1) is 24.5 Å². The van der Waals surface area contributed by atoms with E-state index >= 15 is 0 Å². The van der Waals surface area contributed by atoms with Crippen molar-refractivity contribution in [2.45, 2.75) is 63.9 Å². The Bertz CT molecular complexity index is 1170. The molecule has 208 valence electrons. The van der Waals surface area contributed by atoms with Crippen molar-refractivity contribution in [2.75, 3.05) is 13.2 Å². The molecule has 6 unspecified atom stereocenters. The summed E-state index contributed by atoms with van der Waals surface area (Å²) in [6.07, 6.45) is 8.10. The van der Waals surface area contributed by atoms with Crippen molar-refractivity contribution < 1.29 is 49.8 Å². The Kier molecular flexibility index (Phi) is 8.08. The van der Waals surface area contributed by atoms with Crippen molar-refractivity contribution in [3.05, 3.63) is 59.1 Å². The lowest BCUT2D eigenvalue weighted by Crippen LogP contribution is -2.70. The number of fused-ring (bicyclic) bond motifs is 3. The van der Waals surface area contributed by atoms with E-state index in [2.05, 4.69) is 0 Å². The molecule has 6 N–H and O–H groups in total. The Labute approximate surface area is 220 Å². The fourth-order valence-electron chi connectivity index (χ4n) is 6.24. The van der Waals surface area contributed by atoms with Crippen LogP contribution in [0.15, 0.2) is 59.1 Å². The van der Waals surface area contributed by atoms with E-state index < -0.39 is 69.5 Å². The third-order valence-corrected chi connectivity index (χ3v) is 8.14. The summed E-state index contributed by atoms with van der Waals surface area (Å²) in [6.45, 7) is 4.66. The maximum Gasteiger partial charge on any atom is 0.209 e. The maximum atomic E-state index is 14.1. The van der Waals surface area contributed by atoms with Gasteiger partial charge in [-0.25, -0.2) is 0 Å². The molecule has 0 amide bonds. The quantitative estimate of drug-likeness (QED) is 0.116. The molecule has 0 spiro atoms. The number of hydrogen-bond acceptors (Lipinski definition) is 10. The van der Waals surface area contributed by atoms with Crippen LogP contribution in [0.1, 0.15) is 47.0 Å². The van der Waals surface area contributed by atoms with E-state index in [0.29, 0.717) is 0 Å². The molecule has 10 heteroatoms. The number of Topliss-reactive ketones (excluding diaryl/α,β-unsaturated/α-hetero) is 3. The molecular formula is C28H36O10. The van der Waals surface area contributed by atoms with Gasteiger partial charge in [-0.1, -0.05) is 30.4 Å². The summed E-state index contributed by atoms with van der Waals surface area (Å²) in [6, 6.07) is 0. The van der Waals surface area contributed by atoms with Gasteiger partial charge in [-0.05, 0) is 46.6 Å². The average molecular weight is 533 g/mol. The zero-order chi connectivity index (χ0) is 28.7. The van der Waals surface area contributed by atoms with Gasteiger partial charge in [-0.15, -0.1) is 0 Å². The fourth-order valence-corrected chi connectivity index (χ4v) is 6.24. The molecule has 2 aliphatic carbocycles. The van der Waals surface area contributed by atoms with Gasteiger partial charge < -0.3 is 35.4 Å². The molecule has 0 radical (unpaired) electrons. The second-order valence-corrected chi connectivity index (χ2v) is 10.6. The SMILES string of the molecule is CC1=C(O)C(=C(O)C=CC=CCO)C2C(C)(OC3(O)C(C)(O)CC(C(=O)CCC=CCO)C(=O)C23C)C1=O. The molecule has 38 heavy (non-hydrogen) atoms. The highest BCUT2D eigenvalue weighted by Gasteiger charge is 2.82. The zero-order valence-corrected chi connectivity index (χ0v) is 22.0. The van der Waals surface area contributed by atoms with E-state index in [1.165, 1.54) is 58.1 Å². The Hall–Kier alpha value is -2.89. The summed E-state index contributed by atoms with van der Waals surface area (Å²) >= 11 is 0. The fraction of sp³-hybridized carbons (Fsp3) is 0.536. The van der Waals surface area contributed by atoms with E-state index in [1.54, 1.807) is 6.08 Å². The van der Waals surface area contributed by atoms with Gasteiger partial charge in [0.2, 0.25) is 5.79 Å². The molecule has 0 aromatic rings. The van der Waals surface area contributed by atoms with Crippen molar-refractivity contribution in [1.82, 2.24) is 0 Å². The first-order valence-corrected chi connectivity index (χ1v) is 12.5. The highest BCUT2D eigenvalue weighted by atomic mass is 16.7. The van der Waals surface area contributed by atoms with E-state index in [-0.39, 0.29) is 37.2 Å². The predicted molar refractivity (Wildman–Crippen MR) is 136 cm³/mol. The predicted octanol–water partition coefficient (Wildman–Crippen LogP) is 1.66. The molecule has 1 heterocycles. The van der Waals surface area contributed by atoms with Crippen LogP contribution >= 0.6 is 0 Å². The molecule has 0 bridgehead atoms. The third-order valence-electron chi connectivity index (χ3n) is 8.14. The topological polar surface area (TPSA) is 182 Å². The van der Waals surface area contributed by atoms with Gasteiger partial charge in [0.1, 0.15) is 28.5 Å². The number of allylic oxidation sites excluding steroid dienone is 5. The Balaban J connectivity index is 2.24. The number of aliphatic hydroxyl groups excluding tert-OH is 4. The third kappa shape index (κ3) is 4.20. The molecule has 0 aromatic heterocycles. The van der Waals surface area contributed by atoms with Gasteiger partial charge in [0.15, 0.2) is 11.6 Å². The number of hydrogen-bond donors (Lipinski definition) is 6. The molecule has 10 nitrogen and oxygen atoms in total. The lowest BCUT2D eigenvalue weighted by molar-refractivity contribution is -0.333. The lowest BCUT2D eigenvalue weighted by Gasteiger charge is -2.53. The second-order valence-electron chi connectivity index (χ2n) is 10.6. The first-order valence-electron chi connectivity index (χ1n) is 12.5. The summed E-state index contributed by atoms with van der Waals surface area (Å²) in [5, 5.41) is 63.3. The lowest BCUT2D eigenvalue weighted by atomic mass is 9.51. The summed E-state index contributed by atoms with van der Waals surface area (Å²) in [4.78, 5) is 40.7. The molecular weight excluding hydrogens is 496 g/mol. The molecule has 0 aromatic carbocycles. The minimum absolute atomic E-state index is 0.0721. The summed E-state index contributed by atoms with van der Waals surface area (Å²) < 4.78 is 5.95. The molecule has 1 saturated carbocycles. The van der Waals surface area contributed by atoms with E-state index in [0.717, 1.165) is 0 Å². The van der Waals surface area contributed by atoms with E-state index in [9.17, 15) is 34.8 Å². The highest BCUT2D eigenvalue weighted by molar-refractivity contribution is 6.10. The minimum atomic E-state index is -2.66. The summed E-state index contributed by atoms with van der Waals surface area (Å²) in [7, 11) is 0. The van der Waals surface area contributed by atoms with Crippen LogP contribution in [0.3, 0.4) is 0 Å². The van der Waals surface area contributed by atoms with Crippen molar-refractivity contribution in [2.24, 2.45) is 17.3 Å². The van der Waals surface area contributed by atoms with Crippen LogP contribution in [0, 0.1) is 17.3 Å². The van der Waals surface area contributed by atoms with Crippen LogP contribution in [0.2, 0.25) is 0 Å². The second kappa shape index (κ2) is 10.3. The number of carbonyl (C=O) groups is 3. The van der Waals surface area contributed by atoms with Gasteiger partial charge in [-0.3, -0.25) is 14.4 Å². The average Bonchev–Trinajstić information content (AvgIpc) is 3.06. The van der Waals surface area contributed by atoms with E-state index in [4.69, 9.17) is 14.9 Å². The number of rotatable bonds is 8. The Morgan fingerprint density at radius 2 is 1.68 bits per heavy atom. The van der Waals surface area contributed by atoms with E-state index in [1.807, 2.05) is 0 Å². The number of ketones is 3. The molecule has 6 atom stereocenters. The Morgan fingerprint density at radius 3 is 2.29 bits per heavy atom.